The molecular formula is C19H17BrN2O3. The average Bonchev–Trinajstić information content (AvgIpc) is 2.62. The van der Waals surface area contributed by atoms with Crippen molar-refractivity contribution in [2.75, 3.05) is 19.0 Å². The number of nitriles is 1. The van der Waals surface area contributed by atoms with Gasteiger partial charge in [0.2, 0.25) is 0 Å². The summed E-state index contributed by atoms with van der Waals surface area (Å²) >= 11 is 3.36. The summed E-state index contributed by atoms with van der Waals surface area (Å²) in [5.41, 5.74) is 1.25. The third-order valence-corrected chi connectivity index (χ3v) is 3.98. The van der Waals surface area contributed by atoms with E-state index >= 15 is 0 Å². The van der Waals surface area contributed by atoms with Gasteiger partial charge in [-0.3, -0.25) is 4.79 Å². The lowest BCUT2D eigenvalue weighted by Crippen LogP contribution is -2.13. The number of nitrogens with zero attached hydrogens (tertiary/aromatic N) is 1. The van der Waals surface area contributed by atoms with Crippen LogP contribution in [0.2, 0.25) is 0 Å². The van der Waals surface area contributed by atoms with Gasteiger partial charge >= 0.3 is 0 Å². The first-order valence-electron chi connectivity index (χ1n) is 7.57. The van der Waals surface area contributed by atoms with Crippen molar-refractivity contribution < 1.29 is 14.3 Å². The van der Waals surface area contributed by atoms with Crippen molar-refractivity contribution in [2.24, 2.45) is 0 Å². The van der Waals surface area contributed by atoms with Crippen LogP contribution in [0.1, 0.15) is 12.5 Å². The van der Waals surface area contributed by atoms with E-state index in [0.29, 0.717) is 29.4 Å². The number of methoxy groups -OCH3 is 1. The molecule has 1 amide bonds. The van der Waals surface area contributed by atoms with Crippen LogP contribution in [-0.4, -0.2) is 19.6 Å². The lowest BCUT2D eigenvalue weighted by molar-refractivity contribution is -0.112. The minimum atomic E-state index is -0.484. The molecule has 5 nitrogen and oxygen atoms in total. The molecule has 2 aromatic carbocycles. The van der Waals surface area contributed by atoms with Gasteiger partial charge in [0.25, 0.3) is 5.91 Å². The van der Waals surface area contributed by atoms with E-state index in [1.807, 2.05) is 25.1 Å². The molecule has 1 N–H and O–H groups in total. The molecule has 128 valence electrons. The molecule has 0 aromatic heterocycles. The van der Waals surface area contributed by atoms with Gasteiger partial charge in [-0.1, -0.05) is 18.2 Å². The zero-order chi connectivity index (χ0) is 18.2. The Morgan fingerprint density at radius 3 is 2.68 bits per heavy atom. The lowest BCUT2D eigenvalue weighted by Gasteiger charge is -2.10. The average molecular weight is 401 g/mol. The SMILES string of the molecule is CCOc1ccc(/C=C(\C#N)C(=O)Nc2ccccc2Br)cc1OC. The molecule has 0 heterocycles. The van der Waals surface area contributed by atoms with E-state index in [1.165, 1.54) is 13.2 Å². The first-order valence-corrected chi connectivity index (χ1v) is 8.36. The summed E-state index contributed by atoms with van der Waals surface area (Å²) in [4.78, 5) is 12.3. The van der Waals surface area contributed by atoms with Crippen LogP contribution in [0.5, 0.6) is 11.5 Å². The number of carbonyl (C=O) groups is 1. The van der Waals surface area contributed by atoms with Crippen LogP contribution in [0.25, 0.3) is 6.08 Å². The Labute approximate surface area is 155 Å². The molecule has 0 bridgehead atoms. The number of benzene rings is 2. The molecule has 0 aliphatic heterocycles. The van der Waals surface area contributed by atoms with Gasteiger partial charge in [0.15, 0.2) is 11.5 Å². The number of halogens is 1. The number of para-hydroxylation sites is 1. The van der Waals surface area contributed by atoms with Gasteiger partial charge in [-0.15, -0.1) is 0 Å². The van der Waals surface area contributed by atoms with Gasteiger partial charge in [0.1, 0.15) is 11.6 Å². The molecule has 0 aliphatic carbocycles. The fourth-order valence-electron chi connectivity index (χ4n) is 2.12. The maximum absolute atomic E-state index is 12.3. The molecule has 0 atom stereocenters. The van der Waals surface area contributed by atoms with Crippen LogP contribution in [0, 0.1) is 11.3 Å². The van der Waals surface area contributed by atoms with Crippen LogP contribution < -0.4 is 14.8 Å². The Morgan fingerprint density at radius 2 is 2.04 bits per heavy atom. The topological polar surface area (TPSA) is 71.3 Å². The predicted octanol–water partition coefficient (Wildman–Crippen LogP) is 4.40. The van der Waals surface area contributed by atoms with E-state index in [1.54, 1.807) is 30.3 Å². The number of amides is 1. The smallest absolute Gasteiger partial charge is 0.266 e. The van der Waals surface area contributed by atoms with E-state index in [4.69, 9.17) is 9.47 Å². The molecule has 0 saturated heterocycles. The first-order chi connectivity index (χ1) is 12.1. The number of hydrogen-bond donors (Lipinski definition) is 1. The van der Waals surface area contributed by atoms with Gasteiger partial charge in [-0.2, -0.15) is 5.26 Å². The second kappa shape index (κ2) is 8.90. The zero-order valence-corrected chi connectivity index (χ0v) is 15.5. The standard InChI is InChI=1S/C19H17BrN2O3/c1-3-25-17-9-8-13(11-18(17)24-2)10-14(12-21)19(23)22-16-7-5-4-6-15(16)20/h4-11H,3H2,1-2H3,(H,22,23)/b14-10+. The summed E-state index contributed by atoms with van der Waals surface area (Å²) in [6, 6.07) is 14.3. The molecule has 25 heavy (non-hydrogen) atoms. The summed E-state index contributed by atoms with van der Waals surface area (Å²) in [7, 11) is 1.54. The number of rotatable bonds is 6. The van der Waals surface area contributed by atoms with Gasteiger partial charge < -0.3 is 14.8 Å². The van der Waals surface area contributed by atoms with Gasteiger partial charge in [-0.05, 0) is 58.8 Å². The molecule has 6 heteroatoms. The summed E-state index contributed by atoms with van der Waals surface area (Å²) < 4.78 is 11.5. The maximum atomic E-state index is 12.3. The molecule has 0 aliphatic rings. The molecule has 0 fully saturated rings. The van der Waals surface area contributed by atoms with Crippen LogP contribution in [0.4, 0.5) is 5.69 Å². The maximum Gasteiger partial charge on any atom is 0.266 e. The minimum Gasteiger partial charge on any atom is -0.493 e. The van der Waals surface area contributed by atoms with Gasteiger partial charge in [-0.25, -0.2) is 0 Å². The van der Waals surface area contributed by atoms with Crippen molar-refractivity contribution in [3.8, 4) is 17.6 Å². The third-order valence-electron chi connectivity index (χ3n) is 3.29. The monoisotopic (exact) mass is 400 g/mol. The van der Waals surface area contributed by atoms with Crippen molar-refractivity contribution in [3.05, 3.63) is 58.1 Å². The van der Waals surface area contributed by atoms with Crippen molar-refractivity contribution in [2.45, 2.75) is 6.92 Å². The van der Waals surface area contributed by atoms with Crippen LogP contribution in [-0.2, 0) is 4.79 Å². The van der Waals surface area contributed by atoms with Crippen molar-refractivity contribution in [3.63, 3.8) is 0 Å². The van der Waals surface area contributed by atoms with E-state index in [9.17, 15) is 10.1 Å². The number of hydrogen-bond acceptors (Lipinski definition) is 4. The first kappa shape index (κ1) is 18.6. The Hall–Kier alpha value is -2.78. The normalized spacial score (nSPS) is 10.7. The quantitative estimate of drug-likeness (QED) is 0.575. The molecule has 2 aromatic rings. The van der Waals surface area contributed by atoms with E-state index in [0.717, 1.165) is 4.47 Å². The van der Waals surface area contributed by atoms with Crippen molar-refractivity contribution in [1.29, 1.82) is 5.26 Å². The second-order valence-corrected chi connectivity index (χ2v) is 5.80. The largest absolute Gasteiger partial charge is 0.493 e. The highest BCUT2D eigenvalue weighted by atomic mass is 79.9. The summed E-state index contributed by atoms with van der Waals surface area (Å²) in [5.74, 6) is 0.666. The molecule has 0 saturated carbocycles. The zero-order valence-electron chi connectivity index (χ0n) is 13.9. The fraction of sp³-hybridized carbons (Fsp3) is 0.158. The Kier molecular flexibility index (Phi) is 6.61. The van der Waals surface area contributed by atoms with E-state index in [2.05, 4.69) is 21.2 Å². The van der Waals surface area contributed by atoms with Crippen LogP contribution >= 0.6 is 15.9 Å². The van der Waals surface area contributed by atoms with E-state index < -0.39 is 5.91 Å². The summed E-state index contributed by atoms with van der Waals surface area (Å²) in [6.07, 6.45) is 1.50. The Bertz CT molecular complexity index is 841. The van der Waals surface area contributed by atoms with E-state index in [-0.39, 0.29) is 5.57 Å². The Morgan fingerprint density at radius 1 is 1.28 bits per heavy atom. The van der Waals surface area contributed by atoms with Gasteiger partial charge in [0, 0.05) is 4.47 Å². The molecule has 0 radical (unpaired) electrons. The molecule has 0 unspecified atom stereocenters. The molecule has 0 spiro atoms. The molecular weight excluding hydrogens is 384 g/mol. The highest BCUT2D eigenvalue weighted by Gasteiger charge is 2.12. The second-order valence-electron chi connectivity index (χ2n) is 4.95. The highest BCUT2D eigenvalue weighted by Crippen LogP contribution is 2.29. The van der Waals surface area contributed by atoms with Crippen LogP contribution in [0.15, 0.2) is 52.5 Å². The number of nitrogens with one attached hydrogen (secondary N) is 1. The predicted molar refractivity (Wildman–Crippen MR) is 101 cm³/mol. The molecule has 2 rings (SSSR count). The summed E-state index contributed by atoms with van der Waals surface area (Å²) in [6.45, 7) is 2.40. The third kappa shape index (κ3) is 4.85. The lowest BCUT2D eigenvalue weighted by atomic mass is 10.1. The van der Waals surface area contributed by atoms with Crippen molar-refractivity contribution >= 4 is 33.6 Å². The van der Waals surface area contributed by atoms with Crippen LogP contribution in [0.3, 0.4) is 0 Å². The number of carbonyl (C=O) groups excluding carboxylic acids is 1. The van der Waals surface area contributed by atoms with Crippen molar-refractivity contribution in [1.82, 2.24) is 0 Å². The number of anilines is 1. The summed E-state index contributed by atoms with van der Waals surface area (Å²) in [5, 5.41) is 12.0. The Balaban J connectivity index is 2.26. The number of ether oxygens (including phenoxy) is 2. The minimum absolute atomic E-state index is 0.0121. The van der Waals surface area contributed by atoms with Gasteiger partial charge in [0.05, 0.1) is 19.4 Å². The fourth-order valence-corrected chi connectivity index (χ4v) is 2.50. The highest BCUT2D eigenvalue weighted by molar-refractivity contribution is 9.10.